The Hall–Kier alpha value is -0.590. The zero-order valence-corrected chi connectivity index (χ0v) is 6.29. The van der Waals surface area contributed by atoms with E-state index in [9.17, 15) is 4.79 Å². The van der Waals surface area contributed by atoms with Gasteiger partial charge in [-0.25, -0.2) is 0 Å². The molecule has 0 saturated carbocycles. The summed E-state index contributed by atoms with van der Waals surface area (Å²) in [6, 6.07) is 0. The smallest absolute Gasteiger partial charge is 0.142 e. The maximum absolute atomic E-state index is 9.85. The van der Waals surface area contributed by atoms with Gasteiger partial charge in [-0.2, -0.15) is 0 Å². The van der Waals surface area contributed by atoms with Crippen molar-refractivity contribution in [1.82, 2.24) is 0 Å². The summed E-state index contributed by atoms with van der Waals surface area (Å²) >= 11 is 0. The highest BCUT2D eigenvalue weighted by Gasteiger charge is 2.00. The molecule has 0 radical (unpaired) electrons. The lowest BCUT2D eigenvalue weighted by Crippen LogP contribution is -1.98. The first-order valence-electron chi connectivity index (χ1n) is 3.30. The molecule has 0 aliphatic carbocycles. The number of rotatable bonds is 3. The minimum Gasteiger partial charge on any atom is -0.299 e. The van der Waals surface area contributed by atoms with Crippen molar-refractivity contribution >= 4 is 6.29 Å². The lowest BCUT2D eigenvalue weighted by atomic mass is 9.98. The fraction of sp³-hybridized carbons (Fsp3) is 0.625. The fourth-order valence-electron chi connectivity index (χ4n) is 0.443. The Labute approximate surface area is 56.8 Å². The number of aldehydes is 1. The van der Waals surface area contributed by atoms with Crippen LogP contribution in [0.25, 0.3) is 0 Å². The van der Waals surface area contributed by atoms with E-state index in [0.717, 1.165) is 6.29 Å². The molecule has 0 rings (SSSR count). The van der Waals surface area contributed by atoms with E-state index < -0.39 is 0 Å². The monoisotopic (exact) mass is 126 g/mol. The second-order valence-corrected chi connectivity index (χ2v) is 2.62. The van der Waals surface area contributed by atoms with Crippen molar-refractivity contribution in [1.29, 1.82) is 0 Å². The van der Waals surface area contributed by atoms with Crippen LogP contribution >= 0.6 is 0 Å². The SMILES string of the molecule is CC(C)C(C)C=CC=O. The molecular weight excluding hydrogens is 112 g/mol. The van der Waals surface area contributed by atoms with Crippen LogP contribution in [-0.2, 0) is 4.79 Å². The number of allylic oxidation sites excluding steroid dienone is 2. The van der Waals surface area contributed by atoms with Crippen LogP contribution in [-0.4, -0.2) is 6.29 Å². The second kappa shape index (κ2) is 4.30. The Balaban J connectivity index is 3.61. The number of hydrogen-bond donors (Lipinski definition) is 0. The Morgan fingerprint density at radius 1 is 1.22 bits per heavy atom. The van der Waals surface area contributed by atoms with E-state index in [1.54, 1.807) is 6.08 Å². The quantitative estimate of drug-likeness (QED) is 0.417. The van der Waals surface area contributed by atoms with E-state index in [1.165, 1.54) is 0 Å². The second-order valence-electron chi connectivity index (χ2n) is 2.62. The highest BCUT2D eigenvalue weighted by Crippen LogP contribution is 2.09. The van der Waals surface area contributed by atoms with E-state index in [4.69, 9.17) is 0 Å². The predicted molar refractivity (Wildman–Crippen MR) is 39.2 cm³/mol. The van der Waals surface area contributed by atoms with Crippen LogP contribution in [0, 0.1) is 11.8 Å². The molecule has 0 aliphatic heterocycles. The molecule has 0 aromatic heterocycles. The average molecular weight is 126 g/mol. The third kappa shape index (κ3) is 3.95. The molecule has 0 amide bonds. The topological polar surface area (TPSA) is 17.1 Å². The molecule has 0 aliphatic rings. The molecule has 1 nitrogen and oxygen atoms in total. The van der Waals surface area contributed by atoms with Gasteiger partial charge in [0.2, 0.25) is 0 Å². The lowest BCUT2D eigenvalue weighted by molar-refractivity contribution is -0.104. The molecule has 0 saturated heterocycles. The lowest BCUT2D eigenvalue weighted by Gasteiger charge is -2.08. The largest absolute Gasteiger partial charge is 0.299 e. The van der Waals surface area contributed by atoms with Crippen molar-refractivity contribution in [3.05, 3.63) is 12.2 Å². The molecule has 9 heavy (non-hydrogen) atoms. The van der Waals surface area contributed by atoms with Crippen LogP contribution < -0.4 is 0 Å². The number of carbonyl (C=O) groups excluding carboxylic acids is 1. The van der Waals surface area contributed by atoms with Gasteiger partial charge in [0.15, 0.2) is 0 Å². The van der Waals surface area contributed by atoms with E-state index in [0.29, 0.717) is 11.8 Å². The summed E-state index contributed by atoms with van der Waals surface area (Å²) in [6.45, 7) is 6.38. The van der Waals surface area contributed by atoms with Gasteiger partial charge in [0.25, 0.3) is 0 Å². The fourth-order valence-corrected chi connectivity index (χ4v) is 0.443. The van der Waals surface area contributed by atoms with Crippen LogP contribution in [0.4, 0.5) is 0 Å². The van der Waals surface area contributed by atoms with E-state index in [2.05, 4.69) is 20.8 Å². The molecule has 0 aromatic rings. The molecule has 0 aromatic carbocycles. The minimum atomic E-state index is 0.509. The summed E-state index contributed by atoms with van der Waals surface area (Å²) in [5.41, 5.74) is 0. The highest BCUT2D eigenvalue weighted by atomic mass is 16.1. The summed E-state index contributed by atoms with van der Waals surface area (Å²) in [4.78, 5) is 9.85. The molecule has 52 valence electrons. The molecule has 0 fully saturated rings. The van der Waals surface area contributed by atoms with Gasteiger partial charge < -0.3 is 0 Å². The molecule has 1 heteroatoms. The molecule has 1 atom stereocenters. The van der Waals surface area contributed by atoms with Crippen LogP contribution in [0.5, 0.6) is 0 Å². The third-order valence-electron chi connectivity index (χ3n) is 1.54. The van der Waals surface area contributed by atoms with Gasteiger partial charge >= 0.3 is 0 Å². The highest BCUT2D eigenvalue weighted by molar-refractivity contribution is 5.64. The molecule has 0 N–H and O–H groups in total. The summed E-state index contributed by atoms with van der Waals surface area (Å²) in [7, 11) is 0. The first kappa shape index (κ1) is 8.41. The van der Waals surface area contributed by atoms with E-state index in [1.807, 2.05) is 6.08 Å². The Morgan fingerprint density at radius 3 is 2.11 bits per heavy atom. The van der Waals surface area contributed by atoms with Gasteiger partial charge in [0.1, 0.15) is 6.29 Å². The van der Waals surface area contributed by atoms with Crippen molar-refractivity contribution in [3.63, 3.8) is 0 Å². The van der Waals surface area contributed by atoms with E-state index >= 15 is 0 Å². The Morgan fingerprint density at radius 2 is 1.78 bits per heavy atom. The van der Waals surface area contributed by atoms with Crippen molar-refractivity contribution in [3.8, 4) is 0 Å². The van der Waals surface area contributed by atoms with Gasteiger partial charge in [-0.3, -0.25) is 4.79 Å². The predicted octanol–water partition coefficient (Wildman–Crippen LogP) is 2.03. The normalized spacial score (nSPS) is 14.7. The first-order chi connectivity index (χ1) is 4.18. The maximum Gasteiger partial charge on any atom is 0.142 e. The van der Waals surface area contributed by atoms with Gasteiger partial charge in [0.05, 0.1) is 0 Å². The molecule has 0 bridgehead atoms. The number of hydrogen-bond acceptors (Lipinski definition) is 1. The van der Waals surface area contributed by atoms with E-state index in [-0.39, 0.29) is 0 Å². The van der Waals surface area contributed by atoms with Crippen molar-refractivity contribution in [2.75, 3.05) is 0 Å². The average Bonchev–Trinajstić information content (AvgIpc) is 1.82. The molecule has 1 unspecified atom stereocenters. The van der Waals surface area contributed by atoms with Gasteiger partial charge in [0, 0.05) is 0 Å². The Kier molecular flexibility index (Phi) is 4.02. The van der Waals surface area contributed by atoms with Gasteiger partial charge in [-0.1, -0.05) is 26.8 Å². The van der Waals surface area contributed by atoms with Gasteiger partial charge in [-0.15, -0.1) is 0 Å². The standard InChI is InChI=1S/C8H14O/c1-7(2)8(3)5-4-6-9/h4-8H,1-3H3. The van der Waals surface area contributed by atoms with Crippen molar-refractivity contribution in [2.45, 2.75) is 20.8 Å². The minimum absolute atomic E-state index is 0.509. The van der Waals surface area contributed by atoms with Crippen LogP contribution in [0.1, 0.15) is 20.8 Å². The van der Waals surface area contributed by atoms with Crippen molar-refractivity contribution in [2.24, 2.45) is 11.8 Å². The molecule has 0 spiro atoms. The summed E-state index contributed by atoms with van der Waals surface area (Å²) < 4.78 is 0. The van der Waals surface area contributed by atoms with Crippen molar-refractivity contribution < 1.29 is 4.79 Å². The third-order valence-corrected chi connectivity index (χ3v) is 1.54. The Bertz CT molecular complexity index is 103. The summed E-state index contributed by atoms with van der Waals surface area (Å²) in [5.74, 6) is 1.14. The summed E-state index contributed by atoms with van der Waals surface area (Å²) in [5, 5.41) is 0. The van der Waals surface area contributed by atoms with Crippen LogP contribution in [0.3, 0.4) is 0 Å². The molecular formula is C8H14O. The van der Waals surface area contributed by atoms with Crippen LogP contribution in [0.15, 0.2) is 12.2 Å². The zero-order chi connectivity index (χ0) is 7.28. The summed E-state index contributed by atoms with van der Waals surface area (Å²) in [6.07, 6.45) is 4.31. The zero-order valence-electron chi connectivity index (χ0n) is 6.29. The number of carbonyl (C=O) groups is 1. The maximum atomic E-state index is 9.85. The molecule has 0 heterocycles. The van der Waals surface area contributed by atoms with Crippen LogP contribution in [0.2, 0.25) is 0 Å². The first-order valence-corrected chi connectivity index (χ1v) is 3.30. The van der Waals surface area contributed by atoms with Gasteiger partial charge in [-0.05, 0) is 17.9 Å².